The van der Waals surface area contributed by atoms with E-state index in [1.165, 1.54) is 18.2 Å². The molecule has 1 aliphatic rings. The number of alkyl halides is 3. The molecule has 200 valence electrons. The Morgan fingerprint density at radius 1 is 0.949 bits per heavy atom. The number of aromatic nitrogens is 2. The minimum absolute atomic E-state index is 0.0485. The van der Waals surface area contributed by atoms with Gasteiger partial charge in [-0.3, -0.25) is 9.78 Å². The number of anilines is 2. The number of fused-ring (bicyclic) bond motifs is 1. The van der Waals surface area contributed by atoms with Crippen LogP contribution in [0, 0.1) is 5.82 Å². The maximum absolute atomic E-state index is 14.4. The lowest BCUT2D eigenvalue weighted by atomic mass is 10.0. The smallest absolute Gasteiger partial charge is 0.369 e. The Morgan fingerprint density at radius 2 is 1.77 bits per heavy atom. The van der Waals surface area contributed by atoms with E-state index in [-0.39, 0.29) is 28.6 Å². The molecule has 1 unspecified atom stereocenters. The van der Waals surface area contributed by atoms with Crippen LogP contribution in [0.15, 0.2) is 66.9 Å². The summed E-state index contributed by atoms with van der Waals surface area (Å²) in [7, 11) is 0. The van der Waals surface area contributed by atoms with Gasteiger partial charge in [0.2, 0.25) is 0 Å². The molecular formula is C27H21F4N5O3. The first-order chi connectivity index (χ1) is 18.7. The molecule has 2 amide bonds. The van der Waals surface area contributed by atoms with Crippen molar-refractivity contribution in [2.45, 2.75) is 12.3 Å². The summed E-state index contributed by atoms with van der Waals surface area (Å²) in [5.74, 6) is -1.32. The van der Waals surface area contributed by atoms with Crippen LogP contribution in [-0.4, -0.2) is 41.5 Å². The fourth-order valence-corrected chi connectivity index (χ4v) is 4.10. The fraction of sp³-hybridized carbons (Fsp3) is 0.185. The molecule has 0 saturated carbocycles. The highest BCUT2D eigenvalue weighted by atomic mass is 19.4. The van der Waals surface area contributed by atoms with E-state index >= 15 is 0 Å². The Hall–Kier alpha value is -4.42. The maximum Gasteiger partial charge on any atom is 0.416 e. The normalized spacial score (nSPS) is 15.6. The molecule has 2 heterocycles. The van der Waals surface area contributed by atoms with Crippen molar-refractivity contribution >= 4 is 34.2 Å². The zero-order valence-corrected chi connectivity index (χ0v) is 20.2. The number of nitrogens with one attached hydrogen (secondary N) is 3. The number of hydrogen-bond acceptors (Lipinski definition) is 6. The van der Waals surface area contributed by atoms with Gasteiger partial charge in [0.05, 0.1) is 35.1 Å². The van der Waals surface area contributed by atoms with E-state index in [2.05, 4.69) is 25.9 Å². The summed E-state index contributed by atoms with van der Waals surface area (Å²) in [6.45, 7) is 1.86. The number of urea groups is 1. The molecule has 3 N–H and O–H groups in total. The van der Waals surface area contributed by atoms with Gasteiger partial charge in [0.1, 0.15) is 11.9 Å². The third kappa shape index (κ3) is 6.19. The van der Waals surface area contributed by atoms with Crippen LogP contribution < -0.4 is 16.0 Å². The predicted octanol–water partition coefficient (Wildman–Crippen LogP) is 5.32. The Bertz CT molecular complexity index is 1550. The summed E-state index contributed by atoms with van der Waals surface area (Å²) >= 11 is 0. The topological polar surface area (TPSA) is 105 Å². The van der Waals surface area contributed by atoms with Crippen molar-refractivity contribution in [1.29, 1.82) is 0 Å². The molecule has 1 saturated heterocycles. The fourth-order valence-electron chi connectivity index (χ4n) is 4.10. The number of morpholine rings is 1. The molecule has 39 heavy (non-hydrogen) atoms. The number of ether oxygens (including phenoxy) is 1. The largest absolute Gasteiger partial charge is 0.416 e. The molecule has 0 radical (unpaired) electrons. The Labute approximate surface area is 219 Å². The highest BCUT2D eigenvalue weighted by Gasteiger charge is 2.30. The number of halogens is 4. The van der Waals surface area contributed by atoms with Crippen LogP contribution in [0.25, 0.3) is 11.0 Å². The van der Waals surface area contributed by atoms with Gasteiger partial charge in [-0.05, 0) is 54.6 Å². The van der Waals surface area contributed by atoms with Crippen LogP contribution in [0.5, 0.6) is 0 Å². The number of benzene rings is 3. The molecule has 12 heteroatoms. The molecule has 1 fully saturated rings. The van der Waals surface area contributed by atoms with Gasteiger partial charge in [0, 0.05) is 35.6 Å². The lowest BCUT2D eigenvalue weighted by molar-refractivity contribution is -0.137. The SMILES string of the molecule is O=C(Nc1cc(F)cc(C(=O)c2ccc3ncc(C4CNCCO4)nc3c2)c1)Nc1cccc(C(F)(F)F)c1. The number of amides is 2. The number of hydrogen-bond donors (Lipinski definition) is 3. The summed E-state index contributed by atoms with van der Waals surface area (Å²) in [4.78, 5) is 34.5. The second kappa shape index (κ2) is 10.8. The highest BCUT2D eigenvalue weighted by molar-refractivity contribution is 6.11. The quantitative estimate of drug-likeness (QED) is 0.234. The van der Waals surface area contributed by atoms with E-state index in [4.69, 9.17) is 4.74 Å². The van der Waals surface area contributed by atoms with Gasteiger partial charge in [-0.1, -0.05) is 6.07 Å². The van der Waals surface area contributed by atoms with E-state index in [0.29, 0.717) is 29.9 Å². The third-order valence-electron chi connectivity index (χ3n) is 5.95. The molecule has 3 aromatic carbocycles. The van der Waals surface area contributed by atoms with E-state index in [1.807, 2.05) is 0 Å². The molecule has 0 spiro atoms. The second-order valence-electron chi connectivity index (χ2n) is 8.78. The van der Waals surface area contributed by atoms with Gasteiger partial charge in [-0.25, -0.2) is 14.2 Å². The van der Waals surface area contributed by atoms with Crippen LogP contribution >= 0.6 is 0 Å². The van der Waals surface area contributed by atoms with Crippen LogP contribution in [0.4, 0.5) is 33.7 Å². The highest BCUT2D eigenvalue weighted by Crippen LogP contribution is 2.30. The van der Waals surface area contributed by atoms with E-state index in [1.54, 1.807) is 18.3 Å². The molecule has 5 rings (SSSR count). The van der Waals surface area contributed by atoms with Gasteiger partial charge in [-0.15, -0.1) is 0 Å². The summed E-state index contributed by atoms with van der Waals surface area (Å²) in [5.41, 5.74) is 0.704. The average Bonchev–Trinajstić information content (AvgIpc) is 2.92. The van der Waals surface area contributed by atoms with Crippen LogP contribution in [0.3, 0.4) is 0 Å². The molecular weight excluding hydrogens is 518 g/mol. The third-order valence-corrected chi connectivity index (χ3v) is 5.95. The first-order valence-electron chi connectivity index (χ1n) is 11.9. The lowest BCUT2D eigenvalue weighted by Gasteiger charge is -2.22. The van der Waals surface area contributed by atoms with Gasteiger partial charge in [-0.2, -0.15) is 13.2 Å². The van der Waals surface area contributed by atoms with Gasteiger partial charge >= 0.3 is 12.2 Å². The Kier molecular flexibility index (Phi) is 7.22. The van der Waals surface area contributed by atoms with E-state index < -0.39 is 29.4 Å². The lowest BCUT2D eigenvalue weighted by Crippen LogP contribution is -2.33. The van der Waals surface area contributed by atoms with Crippen molar-refractivity contribution in [1.82, 2.24) is 15.3 Å². The van der Waals surface area contributed by atoms with Gasteiger partial charge in [0.25, 0.3) is 0 Å². The average molecular weight is 539 g/mol. The molecule has 0 bridgehead atoms. The maximum atomic E-state index is 14.4. The first-order valence-corrected chi connectivity index (χ1v) is 11.9. The van der Waals surface area contributed by atoms with Crippen LogP contribution in [0.1, 0.15) is 33.3 Å². The van der Waals surface area contributed by atoms with Crippen molar-refractivity contribution in [3.63, 3.8) is 0 Å². The number of carbonyl (C=O) groups is 2. The van der Waals surface area contributed by atoms with Crippen molar-refractivity contribution < 1.29 is 31.9 Å². The van der Waals surface area contributed by atoms with Crippen LogP contribution in [0.2, 0.25) is 0 Å². The van der Waals surface area contributed by atoms with Crippen molar-refractivity contribution in [3.05, 3.63) is 95.1 Å². The molecule has 4 aromatic rings. The monoisotopic (exact) mass is 539 g/mol. The molecule has 0 aliphatic carbocycles. The van der Waals surface area contributed by atoms with E-state index in [0.717, 1.165) is 36.9 Å². The Balaban J connectivity index is 1.34. The predicted molar refractivity (Wildman–Crippen MR) is 135 cm³/mol. The summed E-state index contributed by atoms with van der Waals surface area (Å²) < 4.78 is 58.9. The second-order valence-corrected chi connectivity index (χ2v) is 8.78. The van der Waals surface area contributed by atoms with Gasteiger partial charge < -0.3 is 20.7 Å². The minimum atomic E-state index is -4.58. The van der Waals surface area contributed by atoms with Crippen molar-refractivity contribution in [2.24, 2.45) is 0 Å². The molecule has 1 aliphatic heterocycles. The summed E-state index contributed by atoms with van der Waals surface area (Å²) in [6.07, 6.45) is -3.23. The standard InChI is InChI=1S/C27H21F4N5O3/c28-18-8-16(9-20(12-18)35-26(38)34-19-3-1-2-17(11-19)27(29,30)31)25(37)15-4-5-21-22(10-15)36-23(13-33-21)24-14-32-6-7-39-24/h1-5,8-13,24,32H,6-7,14H2,(H2,34,35,38). The number of rotatable bonds is 5. The number of ketones is 1. The Morgan fingerprint density at radius 3 is 2.54 bits per heavy atom. The summed E-state index contributed by atoms with van der Waals surface area (Å²) in [5, 5.41) is 7.83. The molecule has 1 atom stereocenters. The number of nitrogens with zero attached hydrogens (tertiary/aromatic N) is 2. The number of carbonyl (C=O) groups excluding carboxylic acids is 2. The zero-order chi connectivity index (χ0) is 27.6. The van der Waals surface area contributed by atoms with Crippen molar-refractivity contribution in [3.8, 4) is 0 Å². The summed E-state index contributed by atoms with van der Waals surface area (Å²) in [6, 6.07) is 11.1. The zero-order valence-electron chi connectivity index (χ0n) is 20.2. The molecule has 1 aromatic heterocycles. The minimum Gasteiger partial charge on any atom is -0.369 e. The van der Waals surface area contributed by atoms with Crippen LogP contribution in [-0.2, 0) is 10.9 Å². The van der Waals surface area contributed by atoms with E-state index in [9.17, 15) is 27.2 Å². The van der Waals surface area contributed by atoms with Crippen molar-refractivity contribution in [2.75, 3.05) is 30.3 Å². The first kappa shape index (κ1) is 26.2. The van der Waals surface area contributed by atoms with Gasteiger partial charge in [0.15, 0.2) is 5.78 Å². The molecule has 8 nitrogen and oxygen atoms in total.